The lowest BCUT2D eigenvalue weighted by atomic mass is 9.91. The first-order chi connectivity index (χ1) is 12.7. The lowest BCUT2D eigenvalue weighted by Gasteiger charge is -2.46. The molecule has 1 aromatic heterocycles. The van der Waals surface area contributed by atoms with Crippen LogP contribution in [-0.4, -0.2) is 96.9 Å². The molecule has 1 spiro atoms. The monoisotopic (exact) mass is 405 g/mol. The third-order valence-electron chi connectivity index (χ3n) is 5.98. The van der Waals surface area contributed by atoms with Crippen LogP contribution in [0.4, 0.5) is 8.78 Å². The van der Waals surface area contributed by atoms with Crippen LogP contribution in [-0.2, 0) is 14.8 Å². The number of aromatic nitrogens is 2. The van der Waals surface area contributed by atoms with Crippen molar-refractivity contribution in [2.45, 2.75) is 36.4 Å². The Morgan fingerprint density at radius 2 is 1.93 bits per heavy atom. The van der Waals surface area contributed by atoms with Gasteiger partial charge in [-0.25, -0.2) is 13.1 Å². The molecule has 0 aliphatic carbocycles. The van der Waals surface area contributed by atoms with E-state index in [1.54, 1.807) is 0 Å². The summed E-state index contributed by atoms with van der Waals surface area (Å²) < 4.78 is 59.1. The van der Waals surface area contributed by atoms with Gasteiger partial charge in [0.25, 0.3) is 0 Å². The molecule has 3 aliphatic heterocycles. The van der Waals surface area contributed by atoms with E-state index in [0.29, 0.717) is 17.3 Å². The zero-order valence-electron chi connectivity index (χ0n) is 15.5. The first-order valence-electron chi connectivity index (χ1n) is 9.11. The Kier molecular flexibility index (Phi) is 4.78. The molecule has 3 saturated heterocycles. The van der Waals surface area contributed by atoms with Gasteiger partial charge in [-0.05, 0) is 20.4 Å². The van der Waals surface area contributed by atoms with E-state index in [2.05, 4.69) is 21.9 Å². The molecule has 3 fully saturated rings. The fraction of sp³-hybridized carbons (Fsp3) is 0.812. The van der Waals surface area contributed by atoms with E-state index in [4.69, 9.17) is 4.74 Å². The first-order valence-corrected chi connectivity index (χ1v) is 10.5. The molecule has 11 heteroatoms. The summed E-state index contributed by atoms with van der Waals surface area (Å²) in [6.45, 7) is 3.66. The summed E-state index contributed by atoms with van der Waals surface area (Å²) in [5, 5.41) is 3.51. The van der Waals surface area contributed by atoms with Crippen LogP contribution < -0.4 is 0 Å². The number of sulfonamides is 1. The second-order valence-electron chi connectivity index (χ2n) is 7.78. The van der Waals surface area contributed by atoms with Gasteiger partial charge in [-0.2, -0.15) is 18.2 Å². The molecule has 0 radical (unpaired) electrons. The van der Waals surface area contributed by atoms with E-state index in [9.17, 15) is 17.2 Å². The number of alkyl halides is 2. The van der Waals surface area contributed by atoms with Gasteiger partial charge < -0.3 is 9.64 Å². The number of nitrogens with zero attached hydrogens (tertiary/aromatic N) is 5. The maximum absolute atomic E-state index is 12.9. The highest BCUT2D eigenvalue weighted by atomic mass is 32.2. The number of rotatable bonds is 4. The van der Waals surface area contributed by atoms with E-state index in [0.717, 1.165) is 38.8 Å². The van der Waals surface area contributed by atoms with Crippen LogP contribution in [0.2, 0.25) is 0 Å². The minimum atomic E-state index is -3.84. The van der Waals surface area contributed by atoms with Crippen LogP contribution in [0.15, 0.2) is 11.1 Å². The average molecular weight is 405 g/mol. The number of hydrogen-bond acceptors (Lipinski definition) is 6. The molecule has 4 heterocycles. The Balaban J connectivity index is 1.40. The van der Waals surface area contributed by atoms with Crippen LogP contribution in [0.5, 0.6) is 0 Å². The van der Waals surface area contributed by atoms with E-state index in [-0.39, 0.29) is 23.7 Å². The number of ether oxygens (including phenoxy) is 1. The molecule has 152 valence electrons. The third kappa shape index (κ3) is 3.29. The van der Waals surface area contributed by atoms with E-state index in [1.165, 1.54) is 11.2 Å². The van der Waals surface area contributed by atoms with Crippen molar-refractivity contribution in [3.05, 3.63) is 11.9 Å². The minimum Gasteiger partial charge on any atom is -0.371 e. The Hall–Kier alpha value is -1.14. The second kappa shape index (κ2) is 6.73. The SMILES string of the molecule is Cc1c(S(=O)(=O)N2CC3(CC(N4CCN(C)CC4)CO3)C2)cnn1C(F)F. The topological polar surface area (TPSA) is 70.9 Å². The van der Waals surface area contributed by atoms with Gasteiger partial charge >= 0.3 is 6.55 Å². The van der Waals surface area contributed by atoms with Gasteiger partial charge in [0.15, 0.2) is 0 Å². The summed E-state index contributed by atoms with van der Waals surface area (Å²) in [5.41, 5.74) is -0.498. The van der Waals surface area contributed by atoms with Gasteiger partial charge in [0.1, 0.15) is 4.90 Å². The number of halogens is 2. The summed E-state index contributed by atoms with van der Waals surface area (Å²) in [5.74, 6) is 0. The highest BCUT2D eigenvalue weighted by Gasteiger charge is 2.55. The van der Waals surface area contributed by atoms with Crippen molar-refractivity contribution < 1.29 is 21.9 Å². The Morgan fingerprint density at radius 3 is 2.52 bits per heavy atom. The molecule has 0 aromatic carbocycles. The number of likely N-dealkylation sites (N-methyl/N-ethyl adjacent to an activating group) is 1. The summed E-state index contributed by atoms with van der Waals surface area (Å²) in [4.78, 5) is 4.55. The maximum atomic E-state index is 12.9. The molecule has 4 rings (SSSR count). The van der Waals surface area contributed by atoms with Crippen molar-refractivity contribution in [2.24, 2.45) is 0 Å². The quantitative estimate of drug-likeness (QED) is 0.721. The maximum Gasteiger partial charge on any atom is 0.333 e. The van der Waals surface area contributed by atoms with Gasteiger partial charge in [0.05, 0.1) is 24.1 Å². The van der Waals surface area contributed by atoms with E-state index >= 15 is 0 Å². The minimum absolute atomic E-state index is 0.0476. The fourth-order valence-electron chi connectivity index (χ4n) is 4.23. The number of hydrogen-bond donors (Lipinski definition) is 0. The zero-order chi connectivity index (χ0) is 19.4. The molecular weight excluding hydrogens is 380 g/mol. The molecule has 0 bridgehead atoms. The smallest absolute Gasteiger partial charge is 0.333 e. The van der Waals surface area contributed by atoms with E-state index in [1.807, 2.05) is 0 Å². The van der Waals surface area contributed by atoms with E-state index < -0.39 is 22.2 Å². The lowest BCUT2D eigenvalue weighted by Crippen LogP contribution is -2.63. The molecule has 1 atom stereocenters. The second-order valence-corrected chi connectivity index (χ2v) is 9.69. The molecule has 0 amide bonds. The molecule has 27 heavy (non-hydrogen) atoms. The van der Waals surface area contributed by atoms with Gasteiger partial charge in [-0.1, -0.05) is 0 Å². The van der Waals surface area contributed by atoms with Gasteiger partial charge in [0.2, 0.25) is 10.0 Å². The first kappa shape index (κ1) is 19.2. The van der Waals surface area contributed by atoms with Gasteiger partial charge in [-0.3, -0.25) is 4.90 Å². The largest absolute Gasteiger partial charge is 0.371 e. The molecule has 1 unspecified atom stereocenters. The van der Waals surface area contributed by atoms with Gasteiger partial charge in [-0.15, -0.1) is 0 Å². The fourth-order valence-corrected chi connectivity index (χ4v) is 5.96. The Bertz CT molecular complexity index is 801. The lowest BCUT2D eigenvalue weighted by molar-refractivity contribution is -0.0775. The van der Waals surface area contributed by atoms with Gasteiger partial charge in [0, 0.05) is 45.3 Å². The van der Waals surface area contributed by atoms with Crippen molar-refractivity contribution in [2.75, 3.05) is 52.9 Å². The molecule has 0 saturated carbocycles. The summed E-state index contributed by atoms with van der Waals surface area (Å²) >= 11 is 0. The average Bonchev–Trinajstić information content (AvgIpc) is 3.18. The normalized spacial score (nSPS) is 27.5. The third-order valence-corrected chi connectivity index (χ3v) is 7.87. The highest BCUT2D eigenvalue weighted by molar-refractivity contribution is 7.89. The van der Waals surface area contributed by atoms with Crippen molar-refractivity contribution >= 4 is 10.0 Å². The zero-order valence-corrected chi connectivity index (χ0v) is 16.3. The Labute approximate surface area is 157 Å². The molecule has 1 aromatic rings. The van der Waals surface area contributed by atoms with Crippen molar-refractivity contribution in [1.29, 1.82) is 0 Å². The predicted octanol–water partition coefficient (Wildman–Crippen LogP) is 0.366. The Morgan fingerprint density at radius 1 is 1.26 bits per heavy atom. The summed E-state index contributed by atoms with van der Waals surface area (Å²) in [7, 11) is -1.73. The van der Waals surface area contributed by atoms with Crippen LogP contribution in [0, 0.1) is 6.92 Å². The number of piperazine rings is 1. The van der Waals surface area contributed by atoms with Crippen molar-refractivity contribution in [3.63, 3.8) is 0 Å². The molecule has 8 nitrogen and oxygen atoms in total. The predicted molar refractivity (Wildman–Crippen MR) is 93.1 cm³/mol. The highest BCUT2D eigenvalue weighted by Crippen LogP contribution is 2.40. The summed E-state index contributed by atoms with van der Waals surface area (Å²) in [6.07, 6.45) is 1.81. The standard InChI is InChI=1S/C16H25F2N5O3S/c1-12-14(8-19-23(12)15(17)18)27(24,25)22-10-16(11-22)7-13(9-26-16)21-5-3-20(2)4-6-21/h8,13,15H,3-7,9-11H2,1-2H3. The van der Waals surface area contributed by atoms with Crippen LogP contribution in [0.25, 0.3) is 0 Å². The molecule has 3 aliphatic rings. The van der Waals surface area contributed by atoms with Crippen LogP contribution >= 0.6 is 0 Å². The molecule has 0 N–H and O–H groups in total. The van der Waals surface area contributed by atoms with Crippen LogP contribution in [0.1, 0.15) is 18.7 Å². The van der Waals surface area contributed by atoms with Crippen LogP contribution in [0.3, 0.4) is 0 Å². The molecular formula is C16H25F2N5O3S. The van der Waals surface area contributed by atoms with Crippen molar-refractivity contribution in [1.82, 2.24) is 23.9 Å². The summed E-state index contributed by atoms with van der Waals surface area (Å²) in [6, 6.07) is 0.312. The van der Waals surface area contributed by atoms with Crippen molar-refractivity contribution in [3.8, 4) is 0 Å².